The van der Waals surface area contributed by atoms with Gasteiger partial charge in [0.25, 0.3) is 0 Å². The van der Waals surface area contributed by atoms with Crippen LogP contribution in [0, 0.1) is 0 Å². The summed E-state index contributed by atoms with van der Waals surface area (Å²) in [7, 11) is 0. The lowest BCUT2D eigenvalue weighted by atomic mass is 9.96. The molecular weight excluding hydrogens is 1320 g/mol. The van der Waals surface area contributed by atoms with Crippen molar-refractivity contribution in [3.8, 4) is 0 Å². The van der Waals surface area contributed by atoms with Crippen LogP contribution in [0.15, 0.2) is 146 Å². The zero-order valence-electron chi connectivity index (χ0n) is 63.4. The first-order valence-electron chi connectivity index (χ1n) is 40.1. The zero-order valence-corrected chi connectivity index (χ0v) is 63.4. The van der Waals surface area contributed by atoms with Gasteiger partial charge in [-0.2, -0.15) is 0 Å². The molecule has 0 aromatic heterocycles. The van der Waals surface area contributed by atoms with Crippen LogP contribution in [0.4, 0.5) is 0 Å². The maximum absolute atomic E-state index is 13.5. The Hall–Kier alpha value is -4.33. The number of ether oxygens (including phenoxy) is 6. The Labute approximate surface area is 625 Å². The molecule has 3 saturated heterocycles. The number of aliphatic hydroxyl groups is 11. The van der Waals surface area contributed by atoms with E-state index in [1.165, 1.54) is 103 Å². The Morgan fingerprint density at radius 1 is 0.356 bits per heavy atom. The van der Waals surface area contributed by atoms with Crippen molar-refractivity contribution in [2.24, 2.45) is 0 Å². The molecule has 594 valence electrons. The minimum Gasteiger partial charge on any atom is -0.394 e. The minimum absolute atomic E-state index is 0.215. The SMILES string of the molecule is CC/C=C\C/C=C\C/C=C\C/C=C\C/C=C\C/C=C\C/C=C\C/C=C\C/C=C\CCCCCCCCCCCC(=O)NC(COC1OC(CO)C(OC2OC(CO)C(OC3OC(CO)C(O)C(O)C3O)C(O)C2O)C(O)C1O)C(O)/C=C/CC/C=C/CC/C=C/CCCCCCCCCCCCCC. The number of carbonyl (C=O) groups excluding carboxylic acids is 1. The van der Waals surface area contributed by atoms with Crippen molar-refractivity contribution in [2.75, 3.05) is 26.4 Å². The van der Waals surface area contributed by atoms with Crippen LogP contribution in [-0.2, 0) is 33.2 Å². The zero-order chi connectivity index (χ0) is 75.3. The molecule has 3 aliphatic heterocycles. The summed E-state index contributed by atoms with van der Waals surface area (Å²) < 4.78 is 34.4. The number of hydrogen-bond donors (Lipinski definition) is 12. The number of allylic oxidation sites excluding steroid dienone is 23. The minimum atomic E-state index is -1.99. The van der Waals surface area contributed by atoms with Gasteiger partial charge >= 0.3 is 0 Å². The second kappa shape index (κ2) is 63.6. The van der Waals surface area contributed by atoms with Crippen molar-refractivity contribution in [1.82, 2.24) is 5.32 Å². The number of rotatable bonds is 61. The highest BCUT2D eigenvalue weighted by molar-refractivity contribution is 5.76. The summed E-state index contributed by atoms with van der Waals surface area (Å²) in [5.41, 5.74) is 0. The maximum atomic E-state index is 13.5. The first kappa shape index (κ1) is 93.9. The van der Waals surface area contributed by atoms with Gasteiger partial charge < -0.3 is 89.9 Å². The Balaban J connectivity index is 1.38. The van der Waals surface area contributed by atoms with E-state index in [9.17, 15) is 61.0 Å². The van der Waals surface area contributed by atoms with Gasteiger partial charge in [0.05, 0.1) is 38.6 Å². The van der Waals surface area contributed by atoms with Crippen LogP contribution in [0.1, 0.15) is 251 Å². The number of amides is 1. The highest BCUT2D eigenvalue weighted by Gasteiger charge is 2.54. The molecule has 12 N–H and O–H groups in total. The van der Waals surface area contributed by atoms with Crippen LogP contribution in [0.3, 0.4) is 0 Å². The number of hydrogen-bond acceptors (Lipinski definition) is 18. The van der Waals surface area contributed by atoms with Gasteiger partial charge in [-0.3, -0.25) is 4.79 Å². The van der Waals surface area contributed by atoms with Crippen molar-refractivity contribution in [3.63, 3.8) is 0 Å². The molecular formula is C85H141NO18. The van der Waals surface area contributed by atoms with Gasteiger partial charge in [-0.05, 0) is 116 Å². The van der Waals surface area contributed by atoms with Crippen LogP contribution in [0.2, 0.25) is 0 Å². The van der Waals surface area contributed by atoms with E-state index in [1.807, 2.05) is 6.08 Å². The van der Waals surface area contributed by atoms with Crippen molar-refractivity contribution in [3.05, 3.63) is 146 Å². The van der Waals surface area contributed by atoms with Crippen molar-refractivity contribution in [2.45, 2.75) is 356 Å². The van der Waals surface area contributed by atoms with E-state index in [4.69, 9.17) is 28.4 Å². The summed E-state index contributed by atoms with van der Waals surface area (Å²) in [5, 5.41) is 121. The third-order valence-electron chi connectivity index (χ3n) is 18.8. The van der Waals surface area contributed by atoms with E-state index < -0.39 is 124 Å². The average molecular weight is 1470 g/mol. The predicted molar refractivity (Wildman–Crippen MR) is 415 cm³/mol. The van der Waals surface area contributed by atoms with Crippen LogP contribution in [-0.4, -0.2) is 193 Å². The number of aliphatic hydroxyl groups excluding tert-OH is 11. The lowest BCUT2D eigenvalue weighted by Crippen LogP contribution is -2.66. The number of carbonyl (C=O) groups is 1. The lowest BCUT2D eigenvalue weighted by molar-refractivity contribution is -0.379. The fraction of sp³-hybridized carbons (Fsp3) is 0.706. The number of nitrogens with one attached hydrogen (secondary N) is 1. The average Bonchev–Trinajstić information content (AvgIpc) is 0.783. The van der Waals surface area contributed by atoms with Crippen LogP contribution in [0.5, 0.6) is 0 Å². The van der Waals surface area contributed by atoms with Crippen molar-refractivity contribution >= 4 is 5.91 Å². The van der Waals surface area contributed by atoms with Gasteiger partial charge in [-0.25, -0.2) is 0 Å². The van der Waals surface area contributed by atoms with Gasteiger partial charge in [0.1, 0.15) is 73.2 Å². The standard InChI is InChI=1S/C85H141NO18/c1-3-5-7-9-11-13-15-17-19-21-23-25-27-28-29-30-31-32-33-34-35-36-37-38-39-40-41-43-45-47-49-51-53-55-57-59-61-63-73(91)86-68(69(90)62-60-58-56-54-52-50-48-46-44-42-26-24-22-20-18-16-14-12-10-8-6-4-2)67-99-83-79(97)76(94)81(71(65-88)101-83)104-85-80(98)77(95)82(72(66-89)102-85)103-84-78(96)75(93)74(92)70(64-87)100-84/h5,7,11,13,17,19,23,25,28-29,31-32,34-35,37-38,40-41,44,46,52,54,60,62,68-72,74-85,87-90,92-98H,3-4,6,8-10,12,14-16,18,20-22,24,26-27,30,33,36,39,42-43,45,47-51,53,55-59,61,63-67H2,1-2H3,(H,86,91)/b7-5-,13-11-,19-17-,25-23-,29-28-,32-31-,35-34-,38-37-,41-40-,46-44+,54-52+,62-60+. The van der Waals surface area contributed by atoms with Gasteiger partial charge in [0.2, 0.25) is 5.91 Å². The molecule has 19 nitrogen and oxygen atoms in total. The van der Waals surface area contributed by atoms with Gasteiger partial charge in [-0.15, -0.1) is 0 Å². The van der Waals surface area contributed by atoms with Crippen LogP contribution in [0.25, 0.3) is 0 Å². The van der Waals surface area contributed by atoms with E-state index in [1.54, 1.807) is 6.08 Å². The molecule has 3 aliphatic rings. The van der Waals surface area contributed by atoms with Gasteiger partial charge in [0.15, 0.2) is 18.9 Å². The van der Waals surface area contributed by atoms with E-state index >= 15 is 0 Å². The Morgan fingerprint density at radius 2 is 0.673 bits per heavy atom. The van der Waals surface area contributed by atoms with E-state index in [-0.39, 0.29) is 18.9 Å². The molecule has 0 bridgehead atoms. The Kier molecular flexibility index (Phi) is 57.4. The van der Waals surface area contributed by atoms with Gasteiger partial charge in [-0.1, -0.05) is 275 Å². The third kappa shape index (κ3) is 43.0. The first-order chi connectivity index (χ1) is 50.8. The van der Waals surface area contributed by atoms with Crippen molar-refractivity contribution in [1.29, 1.82) is 0 Å². The topological polar surface area (TPSA) is 307 Å². The van der Waals surface area contributed by atoms with Crippen LogP contribution >= 0.6 is 0 Å². The van der Waals surface area contributed by atoms with E-state index in [2.05, 4.69) is 153 Å². The first-order valence-corrected chi connectivity index (χ1v) is 40.1. The highest BCUT2D eigenvalue weighted by atomic mass is 16.8. The largest absolute Gasteiger partial charge is 0.394 e. The summed E-state index contributed by atoms with van der Waals surface area (Å²) in [6, 6.07) is -1.01. The molecule has 0 spiro atoms. The molecule has 3 rings (SSSR count). The number of unbranched alkanes of at least 4 members (excludes halogenated alkanes) is 23. The lowest BCUT2D eigenvalue weighted by Gasteiger charge is -2.48. The smallest absolute Gasteiger partial charge is 0.220 e. The molecule has 0 aromatic carbocycles. The van der Waals surface area contributed by atoms with Gasteiger partial charge in [0, 0.05) is 6.42 Å². The Morgan fingerprint density at radius 3 is 1.08 bits per heavy atom. The predicted octanol–water partition coefficient (Wildman–Crippen LogP) is 13.4. The molecule has 17 unspecified atom stereocenters. The quantitative estimate of drug-likeness (QED) is 0.0199. The summed E-state index contributed by atoms with van der Waals surface area (Å²) in [6.07, 6.45) is 65.4. The van der Waals surface area contributed by atoms with E-state index in [0.29, 0.717) is 12.8 Å². The van der Waals surface area contributed by atoms with E-state index in [0.717, 1.165) is 116 Å². The summed E-state index contributed by atoms with van der Waals surface area (Å²) in [6.45, 7) is 1.59. The summed E-state index contributed by atoms with van der Waals surface area (Å²) in [4.78, 5) is 13.5. The third-order valence-corrected chi connectivity index (χ3v) is 18.8. The van der Waals surface area contributed by atoms with Crippen LogP contribution < -0.4 is 5.32 Å². The fourth-order valence-electron chi connectivity index (χ4n) is 12.5. The Bertz CT molecular complexity index is 2450. The second-order valence-corrected chi connectivity index (χ2v) is 27.8. The molecule has 3 heterocycles. The molecule has 0 aromatic rings. The molecule has 3 fully saturated rings. The highest BCUT2D eigenvalue weighted by Crippen LogP contribution is 2.33. The summed E-state index contributed by atoms with van der Waals surface area (Å²) >= 11 is 0. The normalized spacial score (nSPS) is 26.7. The molecule has 17 atom stereocenters. The van der Waals surface area contributed by atoms with Crippen molar-refractivity contribution < 1.29 is 89.4 Å². The molecule has 104 heavy (non-hydrogen) atoms. The second-order valence-electron chi connectivity index (χ2n) is 27.8. The molecule has 0 aliphatic carbocycles. The summed E-state index contributed by atoms with van der Waals surface area (Å²) in [5.74, 6) is -0.301. The molecule has 19 heteroatoms. The fourth-order valence-corrected chi connectivity index (χ4v) is 12.5. The maximum Gasteiger partial charge on any atom is 0.220 e. The molecule has 1 amide bonds. The molecule has 0 saturated carbocycles. The molecule has 0 radical (unpaired) electrons. The monoisotopic (exact) mass is 1460 g/mol.